The molecule has 0 bridgehead atoms. The SMILES string of the molecule is CN1CCC(N(C)C(=O)c2ccc(NC(N)=Nc3ncccc3N3CCCCC3)cc2)CC1.Cl.Cl. The molecule has 0 aliphatic carbocycles. The van der Waals surface area contributed by atoms with Crippen LogP contribution in [0.5, 0.6) is 0 Å². The molecule has 0 spiro atoms. The molecule has 8 nitrogen and oxygen atoms in total. The highest BCUT2D eigenvalue weighted by atomic mass is 35.5. The first-order chi connectivity index (χ1) is 16.0. The van der Waals surface area contributed by atoms with E-state index in [2.05, 4.69) is 32.1 Å². The maximum Gasteiger partial charge on any atom is 0.253 e. The predicted octanol–water partition coefficient (Wildman–Crippen LogP) is 4.14. The molecule has 35 heavy (non-hydrogen) atoms. The largest absolute Gasteiger partial charge is 0.369 e. The predicted molar refractivity (Wildman–Crippen MR) is 149 cm³/mol. The van der Waals surface area contributed by atoms with Crippen LogP contribution >= 0.6 is 24.8 Å². The Morgan fingerprint density at radius 2 is 1.71 bits per heavy atom. The van der Waals surface area contributed by atoms with Gasteiger partial charge in [0.05, 0.1) is 5.69 Å². The van der Waals surface area contributed by atoms with E-state index in [0.29, 0.717) is 17.4 Å². The molecule has 3 heterocycles. The minimum atomic E-state index is 0. The van der Waals surface area contributed by atoms with E-state index in [0.717, 1.165) is 50.4 Å². The molecule has 2 aliphatic rings. The molecular formula is C25H37Cl2N7O. The van der Waals surface area contributed by atoms with Crippen LogP contribution < -0.4 is 16.0 Å². The van der Waals surface area contributed by atoms with E-state index in [4.69, 9.17) is 5.73 Å². The van der Waals surface area contributed by atoms with Crippen LogP contribution in [0.4, 0.5) is 17.2 Å². The van der Waals surface area contributed by atoms with Gasteiger partial charge in [-0.15, -0.1) is 24.8 Å². The number of nitrogens with two attached hydrogens (primary N) is 1. The molecule has 0 atom stereocenters. The molecule has 0 saturated carbocycles. The standard InChI is InChI=1S/C25H35N7O.2ClH/c1-30-17-12-21(13-18-30)31(2)24(33)19-8-10-20(11-9-19)28-25(26)29-23-22(7-6-14-27-23)32-15-4-3-5-16-32;;/h6-11,14,21H,3-5,12-13,15-18H2,1-2H3,(H3,26,27,28,29);2*1H. The number of aliphatic imine (C=N–C) groups is 1. The van der Waals surface area contributed by atoms with Crippen LogP contribution in [0, 0.1) is 0 Å². The third-order valence-corrected chi connectivity index (χ3v) is 6.65. The number of piperidine rings is 2. The summed E-state index contributed by atoms with van der Waals surface area (Å²) in [6.07, 6.45) is 7.40. The Morgan fingerprint density at radius 3 is 2.37 bits per heavy atom. The summed E-state index contributed by atoms with van der Waals surface area (Å²) in [5, 5.41) is 3.12. The van der Waals surface area contributed by atoms with Crippen LogP contribution in [0.2, 0.25) is 0 Å². The number of amides is 1. The van der Waals surface area contributed by atoms with E-state index in [9.17, 15) is 4.79 Å². The average molecular weight is 523 g/mol. The number of guanidine groups is 1. The fourth-order valence-corrected chi connectivity index (χ4v) is 4.59. The van der Waals surface area contributed by atoms with Crippen molar-refractivity contribution in [2.75, 3.05) is 50.5 Å². The van der Waals surface area contributed by atoms with Crippen molar-refractivity contribution < 1.29 is 4.79 Å². The van der Waals surface area contributed by atoms with Crippen molar-refractivity contribution in [1.82, 2.24) is 14.8 Å². The maximum atomic E-state index is 12.9. The molecule has 2 fully saturated rings. The monoisotopic (exact) mass is 521 g/mol. The lowest BCUT2D eigenvalue weighted by molar-refractivity contribution is 0.0659. The summed E-state index contributed by atoms with van der Waals surface area (Å²) in [7, 11) is 4.03. The highest BCUT2D eigenvalue weighted by molar-refractivity contribution is 5.97. The molecule has 0 radical (unpaired) electrons. The molecule has 4 rings (SSSR count). The van der Waals surface area contributed by atoms with E-state index in [-0.39, 0.29) is 36.7 Å². The molecule has 2 aromatic rings. The number of carbonyl (C=O) groups excluding carboxylic acids is 1. The van der Waals surface area contributed by atoms with E-state index in [1.54, 1.807) is 6.20 Å². The number of nitrogens with one attached hydrogen (secondary N) is 1. The molecule has 1 amide bonds. The van der Waals surface area contributed by atoms with Gasteiger partial charge in [-0.05, 0) is 88.6 Å². The van der Waals surface area contributed by atoms with Gasteiger partial charge in [0.2, 0.25) is 0 Å². The Labute approximate surface area is 220 Å². The Morgan fingerprint density at radius 1 is 1.06 bits per heavy atom. The number of hydrogen-bond acceptors (Lipinski definition) is 5. The van der Waals surface area contributed by atoms with Crippen LogP contribution in [-0.2, 0) is 0 Å². The second kappa shape index (κ2) is 13.5. The van der Waals surface area contributed by atoms with Crippen molar-refractivity contribution in [3.63, 3.8) is 0 Å². The molecule has 10 heteroatoms. The smallest absolute Gasteiger partial charge is 0.253 e. The summed E-state index contributed by atoms with van der Waals surface area (Å²) in [5.41, 5.74) is 8.66. The zero-order chi connectivity index (χ0) is 23.2. The number of anilines is 2. The van der Waals surface area contributed by atoms with Gasteiger partial charge in [-0.2, -0.15) is 4.99 Å². The molecule has 1 aromatic carbocycles. The Balaban J connectivity index is 0.00000216. The fourth-order valence-electron chi connectivity index (χ4n) is 4.59. The zero-order valence-corrected chi connectivity index (χ0v) is 22.2. The first-order valence-electron chi connectivity index (χ1n) is 11.9. The second-order valence-electron chi connectivity index (χ2n) is 9.04. The Bertz CT molecular complexity index is 972. The van der Waals surface area contributed by atoms with Crippen molar-refractivity contribution in [1.29, 1.82) is 0 Å². The van der Waals surface area contributed by atoms with Gasteiger partial charge in [0.25, 0.3) is 5.91 Å². The number of aromatic nitrogens is 1. The van der Waals surface area contributed by atoms with Crippen LogP contribution in [0.25, 0.3) is 0 Å². The molecule has 2 saturated heterocycles. The summed E-state index contributed by atoms with van der Waals surface area (Å²) in [4.78, 5) is 28.4. The lowest BCUT2D eigenvalue weighted by Gasteiger charge is -2.35. The minimum absolute atomic E-state index is 0. The number of nitrogens with zero attached hydrogens (tertiary/aromatic N) is 5. The molecular weight excluding hydrogens is 485 g/mol. The van der Waals surface area contributed by atoms with Gasteiger partial charge >= 0.3 is 0 Å². The molecule has 3 N–H and O–H groups in total. The molecule has 192 valence electrons. The van der Waals surface area contributed by atoms with Gasteiger partial charge in [-0.1, -0.05) is 0 Å². The number of benzene rings is 1. The van der Waals surface area contributed by atoms with Gasteiger partial charge in [-0.3, -0.25) is 4.79 Å². The lowest BCUT2D eigenvalue weighted by Crippen LogP contribution is -2.44. The Kier molecular flexibility index (Phi) is 11.1. The van der Waals surface area contributed by atoms with E-state index >= 15 is 0 Å². The highest BCUT2D eigenvalue weighted by Gasteiger charge is 2.24. The lowest BCUT2D eigenvalue weighted by atomic mass is 10.0. The quantitative estimate of drug-likeness (QED) is 0.453. The van der Waals surface area contributed by atoms with Crippen LogP contribution in [-0.4, -0.2) is 73.0 Å². The van der Waals surface area contributed by atoms with Gasteiger partial charge in [0, 0.05) is 43.6 Å². The van der Waals surface area contributed by atoms with Crippen molar-refractivity contribution in [2.24, 2.45) is 10.7 Å². The van der Waals surface area contributed by atoms with E-state index in [1.165, 1.54) is 19.3 Å². The number of hydrogen-bond donors (Lipinski definition) is 2. The number of rotatable bonds is 5. The van der Waals surface area contributed by atoms with Crippen molar-refractivity contribution in [3.05, 3.63) is 48.2 Å². The van der Waals surface area contributed by atoms with Crippen LogP contribution in [0.15, 0.2) is 47.6 Å². The van der Waals surface area contributed by atoms with Crippen molar-refractivity contribution in [2.45, 2.75) is 38.1 Å². The molecule has 0 unspecified atom stereocenters. The number of halogens is 2. The Hall–Kier alpha value is -2.55. The summed E-state index contributed by atoms with van der Waals surface area (Å²) in [5.74, 6) is 0.947. The topological polar surface area (TPSA) is 90.1 Å². The summed E-state index contributed by atoms with van der Waals surface area (Å²) in [6, 6.07) is 11.7. The normalized spacial score (nSPS) is 17.2. The van der Waals surface area contributed by atoms with Gasteiger partial charge in [-0.25, -0.2) is 4.98 Å². The van der Waals surface area contributed by atoms with Gasteiger partial charge < -0.3 is 25.8 Å². The van der Waals surface area contributed by atoms with Crippen molar-refractivity contribution >= 4 is 53.9 Å². The van der Waals surface area contributed by atoms with Crippen molar-refractivity contribution in [3.8, 4) is 0 Å². The summed E-state index contributed by atoms with van der Waals surface area (Å²) >= 11 is 0. The summed E-state index contributed by atoms with van der Waals surface area (Å²) in [6.45, 7) is 4.09. The summed E-state index contributed by atoms with van der Waals surface area (Å²) < 4.78 is 0. The van der Waals surface area contributed by atoms with Gasteiger partial charge in [0.15, 0.2) is 11.8 Å². The number of pyridine rings is 1. The number of carbonyl (C=O) groups is 1. The number of likely N-dealkylation sites (tertiary alicyclic amines) is 1. The highest BCUT2D eigenvalue weighted by Crippen LogP contribution is 2.28. The fraction of sp³-hybridized carbons (Fsp3) is 0.480. The molecule has 2 aliphatic heterocycles. The first-order valence-corrected chi connectivity index (χ1v) is 11.9. The average Bonchev–Trinajstić information content (AvgIpc) is 2.85. The van der Waals surface area contributed by atoms with Gasteiger partial charge in [0.1, 0.15) is 0 Å². The first kappa shape index (κ1) is 28.7. The minimum Gasteiger partial charge on any atom is -0.369 e. The maximum absolute atomic E-state index is 12.9. The third kappa shape index (κ3) is 7.46. The van der Waals surface area contributed by atoms with E-state index < -0.39 is 0 Å². The van der Waals surface area contributed by atoms with Crippen LogP contribution in [0.1, 0.15) is 42.5 Å². The zero-order valence-electron chi connectivity index (χ0n) is 20.5. The van der Waals surface area contributed by atoms with E-state index in [1.807, 2.05) is 48.3 Å². The third-order valence-electron chi connectivity index (χ3n) is 6.65. The molecule has 1 aromatic heterocycles. The van der Waals surface area contributed by atoms with Crippen LogP contribution in [0.3, 0.4) is 0 Å². The second-order valence-corrected chi connectivity index (χ2v) is 9.04.